The SMILES string of the molecule is CNc1ccnc2sc3c(=O)n(-c4ccc(OC)cc4)c(C)nc3c12. The van der Waals surface area contributed by atoms with Crippen molar-refractivity contribution in [2.75, 3.05) is 19.5 Å². The number of benzene rings is 1. The highest BCUT2D eigenvalue weighted by molar-refractivity contribution is 7.25. The molecule has 0 aliphatic carbocycles. The van der Waals surface area contributed by atoms with Gasteiger partial charge in [0.1, 0.15) is 26.6 Å². The summed E-state index contributed by atoms with van der Waals surface area (Å²) in [5.74, 6) is 1.38. The summed E-state index contributed by atoms with van der Waals surface area (Å²) in [4.78, 5) is 23.0. The van der Waals surface area contributed by atoms with Crippen LogP contribution in [0.25, 0.3) is 26.1 Å². The molecule has 3 heterocycles. The van der Waals surface area contributed by atoms with Gasteiger partial charge in [0.05, 0.1) is 18.2 Å². The Balaban J connectivity index is 2.04. The molecule has 126 valence electrons. The van der Waals surface area contributed by atoms with Crippen molar-refractivity contribution in [2.24, 2.45) is 0 Å². The average molecular weight is 352 g/mol. The Morgan fingerprint density at radius 1 is 1.20 bits per heavy atom. The molecule has 0 radical (unpaired) electrons. The van der Waals surface area contributed by atoms with Crippen molar-refractivity contribution < 1.29 is 4.74 Å². The summed E-state index contributed by atoms with van der Waals surface area (Å²) in [6.45, 7) is 1.84. The molecule has 25 heavy (non-hydrogen) atoms. The first-order valence-electron chi connectivity index (χ1n) is 7.77. The Morgan fingerprint density at radius 3 is 2.64 bits per heavy atom. The Bertz CT molecular complexity index is 1150. The van der Waals surface area contributed by atoms with Crippen molar-refractivity contribution in [1.82, 2.24) is 14.5 Å². The highest BCUT2D eigenvalue weighted by Gasteiger charge is 2.17. The second kappa shape index (κ2) is 5.86. The van der Waals surface area contributed by atoms with Crippen molar-refractivity contribution >= 4 is 37.5 Å². The minimum Gasteiger partial charge on any atom is -0.497 e. The number of nitrogens with one attached hydrogen (secondary N) is 1. The monoisotopic (exact) mass is 352 g/mol. The molecule has 4 aromatic rings. The van der Waals surface area contributed by atoms with Crippen molar-refractivity contribution in [3.05, 3.63) is 52.7 Å². The lowest BCUT2D eigenvalue weighted by Gasteiger charge is -2.10. The van der Waals surface area contributed by atoms with Gasteiger partial charge in [-0.2, -0.15) is 0 Å². The van der Waals surface area contributed by atoms with Crippen LogP contribution in [-0.2, 0) is 0 Å². The van der Waals surface area contributed by atoms with Crippen molar-refractivity contribution in [1.29, 1.82) is 0 Å². The summed E-state index contributed by atoms with van der Waals surface area (Å²) < 4.78 is 7.41. The van der Waals surface area contributed by atoms with E-state index in [1.165, 1.54) is 11.3 Å². The number of aromatic nitrogens is 3. The molecular formula is C18H16N4O2S. The molecule has 3 aromatic heterocycles. The number of rotatable bonds is 3. The van der Waals surface area contributed by atoms with Gasteiger partial charge in [-0.15, -0.1) is 11.3 Å². The van der Waals surface area contributed by atoms with Gasteiger partial charge in [0, 0.05) is 18.9 Å². The van der Waals surface area contributed by atoms with Gasteiger partial charge in [-0.25, -0.2) is 9.97 Å². The zero-order valence-corrected chi connectivity index (χ0v) is 14.8. The number of hydrogen-bond donors (Lipinski definition) is 1. The van der Waals surface area contributed by atoms with Crippen LogP contribution in [0.3, 0.4) is 0 Å². The van der Waals surface area contributed by atoms with E-state index in [4.69, 9.17) is 9.72 Å². The smallest absolute Gasteiger partial charge is 0.276 e. The lowest BCUT2D eigenvalue weighted by molar-refractivity contribution is 0.414. The van der Waals surface area contributed by atoms with Crippen LogP contribution in [-0.4, -0.2) is 28.7 Å². The standard InChI is InChI=1S/C18H16N4O2S/c1-10-21-15-14-13(19-2)8-9-20-17(14)25-16(15)18(23)22(10)11-4-6-12(24-3)7-5-11/h4-9H,1-3H3,(H,19,20). The molecule has 1 N–H and O–H groups in total. The lowest BCUT2D eigenvalue weighted by Crippen LogP contribution is -2.21. The summed E-state index contributed by atoms with van der Waals surface area (Å²) >= 11 is 1.37. The number of hydrogen-bond acceptors (Lipinski definition) is 6. The van der Waals surface area contributed by atoms with Crippen LogP contribution in [0.1, 0.15) is 5.82 Å². The number of ether oxygens (including phenoxy) is 1. The van der Waals surface area contributed by atoms with Crippen molar-refractivity contribution in [3.63, 3.8) is 0 Å². The molecule has 0 saturated carbocycles. The third-order valence-corrected chi connectivity index (χ3v) is 5.24. The Hall–Kier alpha value is -2.93. The van der Waals surface area contributed by atoms with Gasteiger partial charge in [0.25, 0.3) is 5.56 Å². The molecule has 0 spiro atoms. The predicted molar refractivity (Wildman–Crippen MR) is 101 cm³/mol. The molecule has 0 atom stereocenters. The third kappa shape index (κ3) is 2.35. The zero-order valence-electron chi connectivity index (χ0n) is 14.0. The second-order valence-electron chi connectivity index (χ2n) is 5.57. The van der Waals surface area contributed by atoms with Crippen LogP contribution in [0.4, 0.5) is 5.69 Å². The second-order valence-corrected chi connectivity index (χ2v) is 6.57. The summed E-state index contributed by atoms with van der Waals surface area (Å²) in [5.41, 5.74) is 2.30. The zero-order chi connectivity index (χ0) is 17.6. The molecular weight excluding hydrogens is 336 g/mol. The van der Waals surface area contributed by atoms with Crippen LogP contribution in [0, 0.1) is 6.92 Å². The number of thiophene rings is 1. The van der Waals surface area contributed by atoms with Crippen molar-refractivity contribution in [3.8, 4) is 11.4 Å². The maximum absolute atomic E-state index is 13.1. The third-order valence-electron chi connectivity index (χ3n) is 4.16. The summed E-state index contributed by atoms with van der Waals surface area (Å²) in [6.07, 6.45) is 1.73. The first-order chi connectivity index (χ1) is 12.1. The Labute approximate surface area is 147 Å². The van der Waals surface area contributed by atoms with E-state index in [9.17, 15) is 4.79 Å². The molecule has 7 heteroatoms. The molecule has 0 aliphatic heterocycles. The van der Waals surface area contributed by atoms with Gasteiger partial charge >= 0.3 is 0 Å². The molecule has 6 nitrogen and oxygen atoms in total. The molecule has 0 amide bonds. The summed E-state index contributed by atoms with van der Waals surface area (Å²) in [6, 6.07) is 9.26. The quantitative estimate of drug-likeness (QED) is 0.612. The fraction of sp³-hybridized carbons (Fsp3) is 0.167. The first-order valence-corrected chi connectivity index (χ1v) is 8.58. The van der Waals surface area contributed by atoms with Gasteiger partial charge in [-0.3, -0.25) is 9.36 Å². The highest BCUT2D eigenvalue weighted by atomic mass is 32.1. The van der Waals surface area contributed by atoms with E-state index in [0.717, 1.165) is 27.3 Å². The van der Waals surface area contributed by atoms with Crippen molar-refractivity contribution in [2.45, 2.75) is 6.92 Å². The Morgan fingerprint density at radius 2 is 1.96 bits per heavy atom. The number of anilines is 1. The molecule has 1 aromatic carbocycles. The normalized spacial score (nSPS) is 11.2. The minimum absolute atomic E-state index is 0.0854. The van der Waals surface area contributed by atoms with E-state index in [-0.39, 0.29) is 5.56 Å². The van der Waals surface area contributed by atoms with Gasteiger partial charge in [-0.1, -0.05) is 0 Å². The number of methoxy groups -OCH3 is 1. The largest absolute Gasteiger partial charge is 0.497 e. The highest BCUT2D eigenvalue weighted by Crippen LogP contribution is 2.34. The van der Waals surface area contributed by atoms with Crippen LogP contribution in [0.2, 0.25) is 0 Å². The number of fused-ring (bicyclic) bond motifs is 3. The van der Waals surface area contributed by atoms with Gasteiger partial charge in [0.2, 0.25) is 0 Å². The van der Waals surface area contributed by atoms with E-state index in [1.807, 2.05) is 44.3 Å². The van der Waals surface area contributed by atoms with Crippen LogP contribution in [0.5, 0.6) is 5.75 Å². The molecule has 0 aliphatic rings. The van der Waals surface area contributed by atoms with E-state index in [2.05, 4.69) is 10.3 Å². The predicted octanol–water partition coefficient (Wildman–Crippen LogP) is 3.35. The van der Waals surface area contributed by atoms with Gasteiger partial charge in [0.15, 0.2) is 0 Å². The van der Waals surface area contributed by atoms with Crippen LogP contribution < -0.4 is 15.6 Å². The average Bonchev–Trinajstić information content (AvgIpc) is 3.01. The molecule has 0 saturated heterocycles. The minimum atomic E-state index is -0.0854. The number of pyridine rings is 1. The van der Waals surface area contributed by atoms with Gasteiger partial charge < -0.3 is 10.1 Å². The van der Waals surface area contributed by atoms with Gasteiger partial charge in [-0.05, 0) is 37.3 Å². The van der Waals surface area contributed by atoms with E-state index in [0.29, 0.717) is 16.0 Å². The summed E-state index contributed by atoms with van der Waals surface area (Å²) in [7, 11) is 3.47. The van der Waals surface area contributed by atoms with E-state index < -0.39 is 0 Å². The maximum atomic E-state index is 13.1. The summed E-state index contributed by atoms with van der Waals surface area (Å²) in [5, 5.41) is 4.05. The lowest BCUT2D eigenvalue weighted by atomic mass is 10.2. The fourth-order valence-electron chi connectivity index (χ4n) is 2.96. The molecule has 0 fully saturated rings. The number of nitrogens with zero attached hydrogens (tertiary/aromatic N) is 3. The Kier molecular flexibility index (Phi) is 3.65. The van der Waals surface area contributed by atoms with E-state index in [1.54, 1.807) is 17.9 Å². The maximum Gasteiger partial charge on any atom is 0.276 e. The van der Waals surface area contributed by atoms with Crippen LogP contribution in [0.15, 0.2) is 41.3 Å². The molecule has 0 bridgehead atoms. The van der Waals surface area contributed by atoms with Crippen LogP contribution >= 0.6 is 11.3 Å². The molecule has 0 unspecified atom stereocenters. The first kappa shape index (κ1) is 15.6. The number of aryl methyl sites for hydroxylation is 1. The van der Waals surface area contributed by atoms with E-state index >= 15 is 0 Å². The fourth-order valence-corrected chi connectivity index (χ4v) is 4.00. The topological polar surface area (TPSA) is 69.0 Å². The molecule has 4 rings (SSSR count).